The van der Waals surface area contributed by atoms with Crippen molar-refractivity contribution >= 4 is 0 Å². The summed E-state index contributed by atoms with van der Waals surface area (Å²) >= 11 is 0. The molecule has 1 N–H and O–H groups in total. The van der Waals surface area contributed by atoms with E-state index in [0.29, 0.717) is 6.04 Å². The summed E-state index contributed by atoms with van der Waals surface area (Å²) in [5, 5.41) is 3.63. The molecule has 1 unspecified atom stereocenters. The number of rotatable bonds is 9. The molecule has 0 amide bonds. The molecule has 0 saturated heterocycles. The van der Waals surface area contributed by atoms with Crippen LogP contribution in [0.1, 0.15) is 57.1 Å². The Hall–Kier alpha value is -0.820. The first-order valence-corrected chi connectivity index (χ1v) is 7.51. The first-order valence-electron chi connectivity index (χ1n) is 7.51. The second-order valence-electron chi connectivity index (χ2n) is 5.44. The van der Waals surface area contributed by atoms with Crippen molar-refractivity contribution in [1.82, 2.24) is 5.32 Å². The second kappa shape index (κ2) is 9.16. The molecule has 0 aliphatic rings. The Morgan fingerprint density at radius 1 is 1.17 bits per heavy atom. The van der Waals surface area contributed by atoms with E-state index in [1.54, 1.807) is 0 Å². The lowest BCUT2D eigenvalue weighted by Crippen LogP contribution is -2.28. The Morgan fingerprint density at radius 2 is 2.00 bits per heavy atom. The van der Waals surface area contributed by atoms with Gasteiger partial charge in [-0.2, -0.15) is 0 Å². The summed E-state index contributed by atoms with van der Waals surface area (Å²) in [6, 6.07) is 9.48. The fourth-order valence-electron chi connectivity index (χ4n) is 2.31. The van der Waals surface area contributed by atoms with Crippen molar-refractivity contribution < 1.29 is 0 Å². The molecule has 0 heterocycles. The number of benzene rings is 1. The standard InChI is InChI=1S/C17H29N/c1-4-5-6-7-10-16(3)18-13-12-17-11-8-9-15(2)14-17/h8-9,11,14,16,18H,4-7,10,12-13H2,1-3H3. The minimum atomic E-state index is 0.659. The molecule has 1 heteroatoms. The zero-order valence-electron chi connectivity index (χ0n) is 12.3. The van der Waals surface area contributed by atoms with Gasteiger partial charge in [0.25, 0.3) is 0 Å². The maximum Gasteiger partial charge on any atom is 0.00388 e. The van der Waals surface area contributed by atoms with E-state index in [2.05, 4.69) is 50.4 Å². The number of aryl methyl sites for hydroxylation is 1. The second-order valence-corrected chi connectivity index (χ2v) is 5.44. The molecule has 0 radical (unpaired) electrons. The summed E-state index contributed by atoms with van der Waals surface area (Å²) < 4.78 is 0. The van der Waals surface area contributed by atoms with Gasteiger partial charge in [0.05, 0.1) is 0 Å². The topological polar surface area (TPSA) is 12.0 Å². The molecule has 0 saturated carbocycles. The lowest BCUT2D eigenvalue weighted by atomic mass is 10.1. The van der Waals surface area contributed by atoms with E-state index in [-0.39, 0.29) is 0 Å². The van der Waals surface area contributed by atoms with Crippen LogP contribution in [0.4, 0.5) is 0 Å². The van der Waals surface area contributed by atoms with Crippen LogP contribution in [0.25, 0.3) is 0 Å². The summed E-state index contributed by atoms with van der Waals surface area (Å²) in [7, 11) is 0. The predicted molar refractivity (Wildman–Crippen MR) is 81.1 cm³/mol. The van der Waals surface area contributed by atoms with Crippen LogP contribution in [0.15, 0.2) is 24.3 Å². The van der Waals surface area contributed by atoms with E-state index < -0.39 is 0 Å². The fraction of sp³-hybridized carbons (Fsp3) is 0.647. The molecule has 0 fully saturated rings. The third kappa shape index (κ3) is 6.80. The van der Waals surface area contributed by atoms with Crippen molar-refractivity contribution in [3.63, 3.8) is 0 Å². The van der Waals surface area contributed by atoms with E-state index in [1.807, 2.05) is 0 Å². The Morgan fingerprint density at radius 3 is 2.72 bits per heavy atom. The van der Waals surface area contributed by atoms with E-state index in [0.717, 1.165) is 13.0 Å². The summed E-state index contributed by atoms with van der Waals surface area (Å²) in [5.41, 5.74) is 2.81. The monoisotopic (exact) mass is 247 g/mol. The summed E-state index contributed by atoms with van der Waals surface area (Å²) in [4.78, 5) is 0. The highest BCUT2D eigenvalue weighted by atomic mass is 14.9. The van der Waals surface area contributed by atoms with E-state index in [4.69, 9.17) is 0 Å². The number of unbranched alkanes of at least 4 members (excludes halogenated alkanes) is 3. The fourth-order valence-corrected chi connectivity index (χ4v) is 2.31. The highest BCUT2D eigenvalue weighted by molar-refractivity contribution is 5.22. The Kier molecular flexibility index (Phi) is 7.75. The lowest BCUT2D eigenvalue weighted by molar-refractivity contribution is 0.486. The van der Waals surface area contributed by atoms with Crippen molar-refractivity contribution in [3.05, 3.63) is 35.4 Å². The van der Waals surface area contributed by atoms with Gasteiger partial charge in [0.15, 0.2) is 0 Å². The smallest absolute Gasteiger partial charge is 0.00388 e. The van der Waals surface area contributed by atoms with Crippen LogP contribution in [0.3, 0.4) is 0 Å². The van der Waals surface area contributed by atoms with Crippen LogP contribution >= 0.6 is 0 Å². The normalized spacial score (nSPS) is 12.6. The number of hydrogen-bond acceptors (Lipinski definition) is 1. The van der Waals surface area contributed by atoms with Crippen molar-refractivity contribution in [2.45, 2.75) is 65.3 Å². The maximum atomic E-state index is 3.63. The SMILES string of the molecule is CCCCCCC(C)NCCc1cccc(C)c1. The van der Waals surface area contributed by atoms with Gasteiger partial charge in [-0.1, -0.05) is 62.4 Å². The van der Waals surface area contributed by atoms with Gasteiger partial charge in [-0.15, -0.1) is 0 Å². The summed E-state index contributed by atoms with van der Waals surface area (Å²) in [6.45, 7) is 7.83. The highest BCUT2D eigenvalue weighted by Gasteiger charge is 2.01. The largest absolute Gasteiger partial charge is 0.314 e. The predicted octanol–water partition coefficient (Wildman–Crippen LogP) is 4.49. The third-order valence-electron chi connectivity index (χ3n) is 3.48. The zero-order valence-corrected chi connectivity index (χ0v) is 12.3. The third-order valence-corrected chi connectivity index (χ3v) is 3.48. The first kappa shape index (κ1) is 15.2. The Balaban J connectivity index is 2.09. The van der Waals surface area contributed by atoms with Crippen molar-refractivity contribution in [2.24, 2.45) is 0 Å². The molecule has 0 aliphatic heterocycles. The number of hydrogen-bond donors (Lipinski definition) is 1. The van der Waals surface area contributed by atoms with Gasteiger partial charge in [-0.05, 0) is 38.8 Å². The van der Waals surface area contributed by atoms with Crippen molar-refractivity contribution in [2.75, 3.05) is 6.54 Å². The molecule has 18 heavy (non-hydrogen) atoms. The molecule has 102 valence electrons. The lowest BCUT2D eigenvalue weighted by Gasteiger charge is -2.13. The average molecular weight is 247 g/mol. The van der Waals surface area contributed by atoms with Crippen LogP contribution in [0, 0.1) is 6.92 Å². The van der Waals surface area contributed by atoms with Crippen molar-refractivity contribution in [1.29, 1.82) is 0 Å². The van der Waals surface area contributed by atoms with Gasteiger partial charge in [0.2, 0.25) is 0 Å². The Bertz CT molecular complexity index is 319. The Labute approximate surface area is 113 Å². The maximum absolute atomic E-state index is 3.63. The molecule has 0 bridgehead atoms. The number of nitrogens with one attached hydrogen (secondary N) is 1. The molecular formula is C17H29N. The minimum absolute atomic E-state index is 0.659. The molecule has 1 atom stereocenters. The molecule has 1 rings (SSSR count). The zero-order chi connectivity index (χ0) is 13.2. The summed E-state index contributed by atoms with van der Waals surface area (Å²) in [6.07, 6.45) is 7.92. The van der Waals surface area contributed by atoms with Gasteiger partial charge >= 0.3 is 0 Å². The van der Waals surface area contributed by atoms with Gasteiger partial charge < -0.3 is 5.32 Å². The van der Waals surface area contributed by atoms with Crippen LogP contribution in [0.5, 0.6) is 0 Å². The van der Waals surface area contributed by atoms with E-state index in [9.17, 15) is 0 Å². The molecule has 0 aliphatic carbocycles. The molecule has 1 aromatic carbocycles. The van der Waals surface area contributed by atoms with Crippen LogP contribution in [-0.2, 0) is 6.42 Å². The van der Waals surface area contributed by atoms with E-state index in [1.165, 1.54) is 43.2 Å². The molecule has 1 nitrogen and oxygen atoms in total. The van der Waals surface area contributed by atoms with Crippen LogP contribution < -0.4 is 5.32 Å². The first-order chi connectivity index (χ1) is 8.72. The molecular weight excluding hydrogens is 218 g/mol. The molecule has 1 aromatic rings. The van der Waals surface area contributed by atoms with Gasteiger partial charge in [-0.3, -0.25) is 0 Å². The quantitative estimate of drug-likeness (QED) is 0.634. The van der Waals surface area contributed by atoms with Crippen molar-refractivity contribution in [3.8, 4) is 0 Å². The highest BCUT2D eigenvalue weighted by Crippen LogP contribution is 2.06. The van der Waals surface area contributed by atoms with E-state index >= 15 is 0 Å². The average Bonchev–Trinajstić information content (AvgIpc) is 2.35. The van der Waals surface area contributed by atoms with Gasteiger partial charge in [0.1, 0.15) is 0 Å². The molecule has 0 spiro atoms. The molecule has 0 aromatic heterocycles. The van der Waals surface area contributed by atoms with Gasteiger partial charge in [0, 0.05) is 6.04 Å². The van der Waals surface area contributed by atoms with Gasteiger partial charge in [-0.25, -0.2) is 0 Å². The minimum Gasteiger partial charge on any atom is -0.314 e. The van der Waals surface area contributed by atoms with Crippen LogP contribution in [0.2, 0.25) is 0 Å². The van der Waals surface area contributed by atoms with Crippen LogP contribution in [-0.4, -0.2) is 12.6 Å². The summed E-state index contributed by atoms with van der Waals surface area (Å²) in [5.74, 6) is 0.